The van der Waals surface area contributed by atoms with Crippen molar-refractivity contribution in [1.82, 2.24) is 0 Å². The fourth-order valence-electron chi connectivity index (χ4n) is 1.93. The van der Waals surface area contributed by atoms with E-state index in [0.717, 1.165) is 5.56 Å². The molecule has 1 aromatic carbocycles. The molecule has 0 spiro atoms. The second-order valence-electron chi connectivity index (χ2n) is 5.00. The Labute approximate surface area is 104 Å². The third-order valence-corrected chi connectivity index (χ3v) is 3.58. The molecule has 1 aromatic rings. The van der Waals surface area contributed by atoms with Gasteiger partial charge in [0.15, 0.2) is 0 Å². The van der Waals surface area contributed by atoms with E-state index in [1.54, 1.807) is 13.0 Å². The van der Waals surface area contributed by atoms with Crippen LogP contribution in [0.5, 0.6) is 0 Å². The van der Waals surface area contributed by atoms with Crippen LogP contribution < -0.4 is 0 Å². The third-order valence-electron chi connectivity index (χ3n) is 3.58. The second kappa shape index (κ2) is 5.48. The highest BCUT2D eigenvalue weighted by atomic mass is 16.3. The van der Waals surface area contributed by atoms with Gasteiger partial charge in [0.25, 0.3) is 0 Å². The topological polar surface area (TPSA) is 40.5 Å². The summed E-state index contributed by atoms with van der Waals surface area (Å²) in [6, 6.07) is 9.38. The zero-order chi connectivity index (χ0) is 13.1. The fraction of sp³-hybridized carbons (Fsp3) is 0.467. The minimum Gasteiger partial charge on any atom is -0.389 e. The van der Waals surface area contributed by atoms with E-state index in [0.29, 0.717) is 0 Å². The Morgan fingerprint density at radius 2 is 1.76 bits per heavy atom. The molecular formula is C15H22O2. The predicted molar refractivity (Wildman–Crippen MR) is 70.6 cm³/mol. The molecule has 0 aliphatic carbocycles. The van der Waals surface area contributed by atoms with Crippen LogP contribution in [0.2, 0.25) is 0 Å². The predicted octanol–water partition coefficient (Wildman–Crippen LogP) is 2.93. The van der Waals surface area contributed by atoms with Crippen molar-refractivity contribution >= 4 is 0 Å². The summed E-state index contributed by atoms with van der Waals surface area (Å²) in [7, 11) is 0. The smallest absolute Gasteiger partial charge is 0.0880 e. The summed E-state index contributed by atoms with van der Waals surface area (Å²) in [5.74, 6) is -0.339. The zero-order valence-corrected chi connectivity index (χ0v) is 10.8. The van der Waals surface area contributed by atoms with Gasteiger partial charge in [-0.2, -0.15) is 0 Å². The van der Waals surface area contributed by atoms with Gasteiger partial charge in [0.05, 0.1) is 11.7 Å². The molecule has 0 unspecified atom stereocenters. The minimum atomic E-state index is -0.975. The Morgan fingerprint density at radius 3 is 2.18 bits per heavy atom. The molecule has 0 bridgehead atoms. The molecule has 17 heavy (non-hydrogen) atoms. The summed E-state index contributed by atoms with van der Waals surface area (Å²) < 4.78 is 0. The molecule has 0 saturated heterocycles. The monoisotopic (exact) mass is 234 g/mol. The molecule has 0 aliphatic heterocycles. The van der Waals surface area contributed by atoms with Gasteiger partial charge in [-0.25, -0.2) is 0 Å². The fourth-order valence-corrected chi connectivity index (χ4v) is 1.93. The summed E-state index contributed by atoms with van der Waals surface area (Å²) in [6.45, 7) is 9.36. The maximum atomic E-state index is 10.5. The van der Waals surface area contributed by atoms with Crippen molar-refractivity contribution in [2.75, 3.05) is 0 Å². The van der Waals surface area contributed by atoms with Crippen LogP contribution in [0.3, 0.4) is 0 Å². The van der Waals surface area contributed by atoms with Gasteiger partial charge >= 0.3 is 0 Å². The number of rotatable bonds is 5. The van der Waals surface area contributed by atoms with Crippen LogP contribution in [-0.2, 0) is 0 Å². The highest BCUT2D eigenvalue weighted by Crippen LogP contribution is 2.36. The van der Waals surface area contributed by atoms with Crippen LogP contribution in [0.15, 0.2) is 43.0 Å². The Kier molecular flexibility index (Phi) is 4.49. The van der Waals surface area contributed by atoms with Crippen LogP contribution in [0.1, 0.15) is 32.4 Å². The quantitative estimate of drug-likeness (QED) is 0.769. The molecule has 3 atom stereocenters. The van der Waals surface area contributed by atoms with E-state index in [2.05, 4.69) is 6.58 Å². The lowest BCUT2D eigenvalue weighted by atomic mass is 9.75. The molecule has 0 amide bonds. The van der Waals surface area contributed by atoms with Gasteiger partial charge in [0, 0.05) is 5.92 Å². The van der Waals surface area contributed by atoms with Crippen molar-refractivity contribution in [2.45, 2.75) is 32.5 Å². The van der Waals surface area contributed by atoms with Crippen molar-refractivity contribution in [3.8, 4) is 0 Å². The van der Waals surface area contributed by atoms with Gasteiger partial charge in [-0.15, -0.1) is 6.58 Å². The summed E-state index contributed by atoms with van der Waals surface area (Å²) in [6.07, 6.45) is 0.906. The van der Waals surface area contributed by atoms with E-state index in [9.17, 15) is 10.2 Å². The first kappa shape index (κ1) is 13.9. The molecule has 0 saturated carbocycles. The molecule has 2 heteroatoms. The van der Waals surface area contributed by atoms with Crippen LogP contribution >= 0.6 is 0 Å². The van der Waals surface area contributed by atoms with E-state index in [1.807, 2.05) is 44.2 Å². The molecule has 0 fully saturated rings. The Hall–Kier alpha value is -1.12. The summed E-state index contributed by atoms with van der Waals surface area (Å²) in [4.78, 5) is 0. The van der Waals surface area contributed by atoms with Crippen LogP contribution in [0.25, 0.3) is 0 Å². The summed E-state index contributed by atoms with van der Waals surface area (Å²) >= 11 is 0. The zero-order valence-electron chi connectivity index (χ0n) is 10.8. The van der Waals surface area contributed by atoms with Gasteiger partial charge in [-0.1, -0.05) is 50.3 Å². The van der Waals surface area contributed by atoms with E-state index >= 15 is 0 Å². The van der Waals surface area contributed by atoms with Crippen molar-refractivity contribution in [3.05, 3.63) is 48.6 Å². The largest absolute Gasteiger partial charge is 0.389 e. The Balaban J connectivity index is 3.00. The number of aliphatic hydroxyl groups is 2. The molecule has 2 nitrogen and oxygen atoms in total. The summed E-state index contributed by atoms with van der Waals surface area (Å²) in [5, 5.41) is 20.8. The number of aliphatic hydroxyl groups excluding tert-OH is 1. The van der Waals surface area contributed by atoms with Crippen molar-refractivity contribution < 1.29 is 10.2 Å². The molecular weight excluding hydrogens is 212 g/mol. The van der Waals surface area contributed by atoms with Crippen molar-refractivity contribution in [2.24, 2.45) is 11.8 Å². The second-order valence-corrected chi connectivity index (χ2v) is 5.00. The van der Waals surface area contributed by atoms with Gasteiger partial charge < -0.3 is 10.2 Å². The molecule has 0 aliphatic rings. The number of benzene rings is 1. The number of hydrogen-bond donors (Lipinski definition) is 2. The molecule has 0 radical (unpaired) electrons. The molecule has 94 valence electrons. The molecule has 1 rings (SSSR count). The van der Waals surface area contributed by atoms with Gasteiger partial charge in [-0.3, -0.25) is 0 Å². The first-order chi connectivity index (χ1) is 7.91. The van der Waals surface area contributed by atoms with Gasteiger partial charge in [0.2, 0.25) is 0 Å². The average molecular weight is 234 g/mol. The highest BCUT2D eigenvalue weighted by molar-refractivity contribution is 5.20. The van der Waals surface area contributed by atoms with Crippen molar-refractivity contribution in [3.63, 3.8) is 0 Å². The Bertz CT molecular complexity index is 354. The molecule has 0 heterocycles. The average Bonchev–Trinajstić information content (AvgIpc) is 2.30. The van der Waals surface area contributed by atoms with E-state index in [1.165, 1.54) is 0 Å². The molecule has 2 N–H and O–H groups in total. The normalized spacial score (nSPS) is 18.5. The minimum absolute atomic E-state index is 0.0452. The maximum absolute atomic E-state index is 10.5. The van der Waals surface area contributed by atoms with E-state index in [-0.39, 0.29) is 11.8 Å². The van der Waals surface area contributed by atoms with Crippen LogP contribution in [0, 0.1) is 11.8 Å². The Morgan fingerprint density at radius 1 is 1.24 bits per heavy atom. The standard InChI is InChI=1S/C15H22O2/c1-5-13(15(4,17)11(2)3)14(16)12-9-7-6-8-10-12/h5-11,13-14,16-17H,1H2,2-4H3/t13-,14+,15+/m0/s1. The van der Waals surface area contributed by atoms with Crippen LogP contribution in [-0.4, -0.2) is 15.8 Å². The first-order valence-electron chi connectivity index (χ1n) is 5.99. The SMILES string of the molecule is C=C[C@@H]([C@H](O)c1ccccc1)[C@](C)(O)C(C)C. The third kappa shape index (κ3) is 2.96. The van der Waals surface area contributed by atoms with Gasteiger partial charge in [0.1, 0.15) is 0 Å². The van der Waals surface area contributed by atoms with Gasteiger partial charge in [-0.05, 0) is 18.4 Å². The lowest BCUT2D eigenvalue weighted by Crippen LogP contribution is -2.42. The van der Waals surface area contributed by atoms with E-state index in [4.69, 9.17) is 0 Å². The highest BCUT2D eigenvalue weighted by Gasteiger charge is 2.37. The van der Waals surface area contributed by atoms with Crippen molar-refractivity contribution in [1.29, 1.82) is 0 Å². The van der Waals surface area contributed by atoms with Crippen LogP contribution in [0.4, 0.5) is 0 Å². The maximum Gasteiger partial charge on any atom is 0.0880 e. The van der Waals surface area contributed by atoms with E-state index < -0.39 is 11.7 Å². The lowest BCUT2D eigenvalue weighted by molar-refractivity contribution is -0.0698. The summed E-state index contributed by atoms with van der Waals surface area (Å²) in [5.41, 5.74) is -0.171. The first-order valence-corrected chi connectivity index (χ1v) is 5.99. The molecule has 0 aromatic heterocycles. The lowest BCUT2D eigenvalue weighted by Gasteiger charge is -2.37. The number of hydrogen-bond acceptors (Lipinski definition) is 2.